The highest BCUT2D eigenvalue weighted by atomic mass is 19.1. The minimum absolute atomic E-state index is 0.338. The van der Waals surface area contributed by atoms with Crippen LogP contribution in [0.25, 0.3) is 11.1 Å². The number of benzene rings is 2. The van der Waals surface area contributed by atoms with Gasteiger partial charge in [-0.2, -0.15) is 0 Å². The molecule has 0 fully saturated rings. The second-order valence-corrected chi connectivity index (χ2v) is 5.33. The average Bonchev–Trinajstić information content (AvgIpc) is 2.70. The summed E-state index contributed by atoms with van der Waals surface area (Å²) in [6.45, 7) is 0.774. The predicted octanol–water partition coefficient (Wildman–Crippen LogP) is 3.52. The molecule has 0 saturated carbocycles. The summed E-state index contributed by atoms with van der Waals surface area (Å²) in [5, 5.41) is 0. The van der Waals surface area contributed by atoms with Crippen molar-refractivity contribution in [3.63, 3.8) is 0 Å². The normalized spacial score (nSPS) is 14.9. The Bertz CT molecular complexity index is 623. The van der Waals surface area contributed by atoms with E-state index in [1.54, 1.807) is 26.4 Å². The van der Waals surface area contributed by atoms with Crippen molar-refractivity contribution < 1.29 is 18.3 Å². The van der Waals surface area contributed by atoms with Crippen molar-refractivity contribution in [2.75, 3.05) is 27.4 Å². The summed E-state index contributed by atoms with van der Waals surface area (Å²) in [6, 6.07) is 9.20. The van der Waals surface area contributed by atoms with Crippen LogP contribution in [0.1, 0.15) is 11.1 Å². The Morgan fingerprint density at radius 3 is 1.62 bits per heavy atom. The summed E-state index contributed by atoms with van der Waals surface area (Å²) in [5.74, 6) is -0.677. The fourth-order valence-corrected chi connectivity index (χ4v) is 3.30. The quantitative estimate of drug-likeness (QED) is 0.857. The van der Waals surface area contributed by atoms with E-state index in [9.17, 15) is 8.78 Å². The van der Waals surface area contributed by atoms with Gasteiger partial charge >= 0.3 is 0 Å². The lowest BCUT2D eigenvalue weighted by Crippen LogP contribution is -2.35. The van der Waals surface area contributed by atoms with E-state index >= 15 is 0 Å². The van der Waals surface area contributed by atoms with Gasteiger partial charge in [0, 0.05) is 14.2 Å². The van der Waals surface area contributed by atoms with Crippen molar-refractivity contribution in [2.45, 2.75) is 5.41 Å². The number of rotatable bonds is 4. The molecular formula is C17H16F2O2. The minimum atomic E-state index is -0.532. The van der Waals surface area contributed by atoms with Crippen molar-refractivity contribution in [1.82, 2.24) is 0 Å². The highest BCUT2D eigenvalue weighted by Crippen LogP contribution is 2.49. The standard InChI is InChI=1S/C17H16F2O2/c1-20-9-17(10-21-2)15-5-3-11(18)7-13(15)14-8-12(19)4-6-16(14)17/h3-8H,9-10H2,1-2H3. The smallest absolute Gasteiger partial charge is 0.123 e. The molecule has 0 spiro atoms. The van der Waals surface area contributed by atoms with Gasteiger partial charge in [0.05, 0.1) is 18.6 Å². The van der Waals surface area contributed by atoms with Crippen LogP contribution in [0, 0.1) is 11.6 Å². The first-order valence-corrected chi connectivity index (χ1v) is 6.70. The van der Waals surface area contributed by atoms with E-state index in [2.05, 4.69) is 0 Å². The van der Waals surface area contributed by atoms with Gasteiger partial charge < -0.3 is 9.47 Å². The molecule has 110 valence electrons. The van der Waals surface area contributed by atoms with Gasteiger partial charge in [0.15, 0.2) is 0 Å². The Kier molecular flexibility index (Phi) is 3.51. The molecule has 0 aromatic heterocycles. The summed E-state index contributed by atoms with van der Waals surface area (Å²) in [7, 11) is 3.23. The van der Waals surface area contributed by atoms with Crippen LogP contribution in [-0.2, 0) is 14.9 Å². The molecule has 4 heteroatoms. The number of hydrogen-bond donors (Lipinski definition) is 0. The van der Waals surface area contributed by atoms with Crippen LogP contribution in [0.3, 0.4) is 0 Å². The number of ether oxygens (including phenoxy) is 2. The fraction of sp³-hybridized carbons (Fsp3) is 0.294. The average molecular weight is 290 g/mol. The van der Waals surface area contributed by atoms with Gasteiger partial charge in [-0.25, -0.2) is 8.78 Å². The molecule has 1 aliphatic rings. The zero-order valence-electron chi connectivity index (χ0n) is 12.0. The maximum absolute atomic E-state index is 13.6. The van der Waals surface area contributed by atoms with Crippen LogP contribution in [-0.4, -0.2) is 27.4 Å². The molecule has 1 aliphatic carbocycles. The molecular weight excluding hydrogens is 274 g/mol. The molecule has 0 bridgehead atoms. The number of hydrogen-bond acceptors (Lipinski definition) is 2. The Hall–Kier alpha value is -1.78. The molecule has 21 heavy (non-hydrogen) atoms. The van der Waals surface area contributed by atoms with E-state index in [1.165, 1.54) is 24.3 Å². The van der Waals surface area contributed by atoms with Gasteiger partial charge in [0.25, 0.3) is 0 Å². The predicted molar refractivity (Wildman–Crippen MR) is 76.3 cm³/mol. The summed E-state index contributed by atoms with van der Waals surface area (Å²) >= 11 is 0. The zero-order chi connectivity index (χ0) is 15.0. The monoisotopic (exact) mass is 290 g/mol. The van der Waals surface area contributed by atoms with E-state index < -0.39 is 5.41 Å². The highest BCUT2D eigenvalue weighted by molar-refractivity contribution is 5.81. The lowest BCUT2D eigenvalue weighted by Gasteiger charge is -2.30. The molecule has 0 aliphatic heterocycles. The summed E-state index contributed by atoms with van der Waals surface area (Å²) in [4.78, 5) is 0. The highest BCUT2D eigenvalue weighted by Gasteiger charge is 2.43. The molecule has 2 nitrogen and oxygen atoms in total. The molecule has 0 N–H and O–H groups in total. The van der Waals surface area contributed by atoms with E-state index in [0.29, 0.717) is 24.3 Å². The number of methoxy groups -OCH3 is 2. The number of fused-ring (bicyclic) bond motifs is 3. The van der Waals surface area contributed by atoms with Crippen LogP contribution >= 0.6 is 0 Å². The molecule has 0 saturated heterocycles. The van der Waals surface area contributed by atoms with Crippen LogP contribution in [0.15, 0.2) is 36.4 Å². The Labute approximate surface area is 122 Å². The Morgan fingerprint density at radius 2 is 1.24 bits per heavy atom. The van der Waals surface area contributed by atoms with Crippen molar-refractivity contribution in [1.29, 1.82) is 0 Å². The first kappa shape index (κ1) is 14.2. The van der Waals surface area contributed by atoms with Gasteiger partial charge in [-0.05, 0) is 46.5 Å². The molecule has 2 aromatic rings. The van der Waals surface area contributed by atoms with Crippen LogP contribution in [0.4, 0.5) is 8.78 Å². The third kappa shape index (κ3) is 2.06. The molecule has 0 atom stereocenters. The molecule has 0 unspecified atom stereocenters. The lowest BCUT2D eigenvalue weighted by molar-refractivity contribution is 0.0814. The SMILES string of the molecule is COCC1(COC)c2ccc(F)cc2-c2cc(F)ccc21. The topological polar surface area (TPSA) is 18.5 Å². The van der Waals surface area contributed by atoms with Crippen molar-refractivity contribution in [2.24, 2.45) is 0 Å². The van der Waals surface area contributed by atoms with E-state index in [0.717, 1.165) is 11.1 Å². The molecule has 0 amide bonds. The Balaban J connectivity index is 2.32. The fourth-order valence-electron chi connectivity index (χ4n) is 3.30. The number of halogens is 2. The van der Waals surface area contributed by atoms with Crippen LogP contribution in [0.5, 0.6) is 0 Å². The van der Waals surface area contributed by atoms with Crippen molar-refractivity contribution in [3.05, 3.63) is 59.2 Å². The minimum Gasteiger partial charge on any atom is -0.383 e. The second-order valence-electron chi connectivity index (χ2n) is 5.33. The first-order valence-electron chi connectivity index (χ1n) is 6.70. The maximum atomic E-state index is 13.6. The molecule has 2 aromatic carbocycles. The van der Waals surface area contributed by atoms with Crippen LogP contribution < -0.4 is 0 Å². The third-order valence-corrected chi connectivity index (χ3v) is 4.07. The summed E-state index contributed by atoms with van der Waals surface area (Å²) in [6.07, 6.45) is 0. The first-order chi connectivity index (χ1) is 10.1. The maximum Gasteiger partial charge on any atom is 0.123 e. The van der Waals surface area contributed by atoms with E-state index in [-0.39, 0.29) is 11.6 Å². The molecule has 0 heterocycles. The van der Waals surface area contributed by atoms with Gasteiger partial charge in [0.2, 0.25) is 0 Å². The third-order valence-electron chi connectivity index (χ3n) is 4.07. The van der Waals surface area contributed by atoms with Gasteiger partial charge in [0.1, 0.15) is 11.6 Å². The van der Waals surface area contributed by atoms with Gasteiger partial charge in [-0.1, -0.05) is 12.1 Å². The zero-order valence-corrected chi connectivity index (χ0v) is 12.0. The van der Waals surface area contributed by atoms with Gasteiger partial charge in [-0.3, -0.25) is 0 Å². The molecule has 3 rings (SSSR count). The summed E-state index contributed by atoms with van der Waals surface area (Å²) in [5.41, 5.74) is 2.70. The lowest BCUT2D eigenvalue weighted by atomic mass is 9.79. The van der Waals surface area contributed by atoms with Crippen molar-refractivity contribution in [3.8, 4) is 11.1 Å². The Morgan fingerprint density at radius 1 is 0.810 bits per heavy atom. The summed E-state index contributed by atoms with van der Waals surface area (Å²) < 4.78 is 38.0. The van der Waals surface area contributed by atoms with Crippen molar-refractivity contribution >= 4 is 0 Å². The van der Waals surface area contributed by atoms with Crippen LogP contribution in [0.2, 0.25) is 0 Å². The van der Waals surface area contributed by atoms with Gasteiger partial charge in [-0.15, -0.1) is 0 Å². The van der Waals surface area contributed by atoms with E-state index in [1.807, 2.05) is 0 Å². The molecule has 0 radical (unpaired) electrons. The second kappa shape index (κ2) is 5.20. The van der Waals surface area contributed by atoms with E-state index in [4.69, 9.17) is 9.47 Å². The largest absolute Gasteiger partial charge is 0.383 e.